The molecule has 0 aliphatic heterocycles. The molecule has 0 aromatic rings. The van der Waals surface area contributed by atoms with Crippen LogP contribution in [0.3, 0.4) is 0 Å². The first-order valence-electron chi connectivity index (χ1n) is 3.00. The molecule has 1 rings (SSSR count). The van der Waals surface area contributed by atoms with Crippen LogP contribution in [0.2, 0.25) is 0 Å². The van der Waals surface area contributed by atoms with Crippen LogP contribution in [0.4, 0.5) is 0 Å². The van der Waals surface area contributed by atoms with E-state index in [1.807, 2.05) is 0 Å². The number of hydrogen-bond donors (Lipinski definition) is 0. The number of Topliss-reactive ketones (excluding diaryl/α,β-unsaturated/α-hetero) is 1. The molecule has 0 amide bonds. The van der Waals surface area contributed by atoms with Crippen molar-refractivity contribution in [3.63, 3.8) is 0 Å². The Bertz CT molecular complexity index is 131. The minimum absolute atomic E-state index is 0.0741. The SMILES string of the molecule is O=C1CCCC(Br)(Br)C1. The van der Waals surface area contributed by atoms with Crippen molar-refractivity contribution in [1.82, 2.24) is 0 Å². The molecule has 0 spiro atoms. The average molecular weight is 256 g/mol. The summed E-state index contributed by atoms with van der Waals surface area (Å²) in [7, 11) is 0. The molecule has 0 aromatic carbocycles. The third kappa shape index (κ3) is 2.38. The number of ketones is 1. The van der Waals surface area contributed by atoms with E-state index in [-0.39, 0.29) is 3.23 Å². The van der Waals surface area contributed by atoms with Crippen LogP contribution in [0.1, 0.15) is 25.7 Å². The van der Waals surface area contributed by atoms with E-state index in [9.17, 15) is 4.79 Å². The van der Waals surface area contributed by atoms with Gasteiger partial charge in [0.15, 0.2) is 0 Å². The summed E-state index contributed by atoms with van der Waals surface area (Å²) in [5, 5.41) is 0. The fourth-order valence-electron chi connectivity index (χ4n) is 1.01. The molecule has 9 heavy (non-hydrogen) atoms. The number of rotatable bonds is 0. The first-order chi connectivity index (χ1) is 4.10. The fraction of sp³-hybridized carbons (Fsp3) is 0.833. The van der Waals surface area contributed by atoms with Gasteiger partial charge in [0, 0.05) is 12.8 Å². The summed E-state index contributed by atoms with van der Waals surface area (Å²) >= 11 is 6.86. The lowest BCUT2D eigenvalue weighted by Gasteiger charge is -2.23. The van der Waals surface area contributed by atoms with Gasteiger partial charge in [-0.3, -0.25) is 4.79 Å². The van der Waals surface area contributed by atoms with E-state index < -0.39 is 0 Å². The van der Waals surface area contributed by atoms with E-state index in [2.05, 4.69) is 31.9 Å². The topological polar surface area (TPSA) is 17.1 Å². The molecule has 0 bridgehead atoms. The van der Waals surface area contributed by atoms with Gasteiger partial charge in [0.1, 0.15) is 5.78 Å². The van der Waals surface area contributed by atoms with Gasteiger partial charge < -0.3 is 0 Å². The van der Waals surface area contributed by atoms with Crippen molar-refractivity contribution in [3.05, 3.63) is 0 Å². The highest BCUT2D eigenvalue weighted by molar-refractivity contribution is 9.25. The lowest BCUT2D eigenvalue weighted by molar-refractivity contribution is -0.120. The molecule has 1 aliphatic rings. The van der Waals surface area contributed by atoms with Crippen molar-refractivity contribution < 1.29 is 4.79 Å². The van der Waals surface area contributed by atoms with E-state index in [0.717, 1.165) is 19.3 Å². The largest absolute Gasteiger partial charge is 0.300 e. The minimum atomic E-state index is -0.0741. The second-order valence-electron chi connectivity index (χ2n) is 2.42. The van der Waals surface area contributed by atoms with Gasteiger partial charge in [-0.2, -0.15) is 0 Å². The van der Waals surface area contributed by atoms with Crippen LogP contribution in [0.15, 0.2) is 0 Å². The zero-order chi connectivity index (χ0) is 6.91. The maximum absolute atomic E-state index is 10.8. The maximum Gasteiger partial charge on any atom is 0.135 e. The van der Waals surface area contributed by atoms with E-state index in [4.69, 9.17) is 0 Å². The molecule has 0 atom stereocenters. The van der Waals surface area contributed by atoms with Crippen LogP contribution >= 0.6 is 31.9 Å². The summed E-state index contributed by atoms with van der Waals surface area (Å²) < 4.78 is -0.0741. The van der Waals surface area contributed by atoms with Gasteiger partial charge in [-0.05, 0) is 12.8 Å². The van der Waals surface area contributed by atoms with Gasteiger partial charge >= 0.3 is 0 Å². The van der Waals surface area contributed by atoms with Gasteiger partial charge in [0.2, 0.25) is 0 Å². The van der Waals surface area contributed by atoms with Crippen LogP contribution in [0.25, 0.3) is 0 Å². The molecular weight excluding hydrogens is 248 g/mol. The van der Waals surface area contributed by atoms with Gasteiger partial charge in [-0.1, -0.05) is 31.9 Å². The Labute approximate surface area is 71.5 Å². The predicted octanol–water partition coefficient (Wildman–Crippen LogP) is 2.62. The predicted molar refractivity (Wildman–Crippen MR) is 44.1 cm³/mol. The molecule has 1 aliphatic carbocycles. The summed E-state index contributed by atoms with van der Waals surface area (Å²) in [5.41, 5.74) is 0. The number of halogens is 2. The molecule has 0 heterocycles. The van der Waals surface area contributed by atoms with Crippen molar-refractivity contribution in [2.75, 3.05) is 0 Å². The molecule has 52 valence electrons. The Hall–Kier alpha value is 0.630. The first kappa shape index (κ1) is 7.73. The van der Waals surface area contributed by atoms with E-state index in [1.54, 1.807) is 0 Å². The molecule has 0 unspecified atom stereocenters. The van der Waals surface area contributed by atoms with Crippen molar-refractivity contribution in [2.45, 2.75) is 28.9 Å². The van der Waals surface area contributed by atoms with Crippen molar-refractivity contribution >= 4 is 37.6 Å². The van der Waals surface area contributed by atoms with Crippen molar-refractivity contribution in [3.8, 4) is 0 Å². The number of carbonyl (C=O) groups excluding carboxylic acids is 1. The molecule has 1 saturated carbocycles. The standard InChI is InChI=1S/C6H8Br2O/c7-6(8)3-1-2-5(9)4-6/h1-4H2. The molecular formula is C6H8Br2O. The minimum Gasteiger partial charge on any atom is -0.300 e. The average Bonchev–Trinajstić information content (AvgIpc) is 1.60. The molecule has 0 aromatic heterocycles. The number of carbonyl (C=O) groups is 1. The normalized spacial score (nSPS) is 26.2. The fourth-order valence-corrected chi connectivity index (χ4v) is 2.20. The summed E-state index contributed by atoms with van der Waals surface area (Å²) in [6.07, 6.45) is 3.46. The first-order valence-corrected chi connectivity index (χ1v) is 4.58. The maximum atomic E-state index is 10.8. The molecule has 0 radical (unpaired) electrons. The van der Waals surface area contributed by atoms with Crippen LogP contribution in [0.5, 0.6) is 0 Å². The van der Waals surface area contributed by atoms with E-state index in [1.165, 1.54) is 0 Å². The van der Waals surface area contributed by atoms with Gasteiger partial charge in [0.25, 0.3) is 0 Å². The van der Waals surface area contributed by atoms with E-state index >= 15 is 0 Å². The second kappa shape index (κ2) is 2.70. The summed E-state index contributed by atoms with van der Waals surface area (Å²) in [4.78, 5) is 10.8. The van der Waals surface area contributed by atoms with Gasteiger partial charge in [-0.15, -0.1) is 0 Å². The lowest BCUT2D eigenvalue weighted by atomic mass is 9.99. The quantitative estimate of drug-likeness (QED) is 0.609. The highest BCUT2D eigenvalue weighted by atomic mass is 79.9. The number of hydrogen-bond acceptors (Lipinski definition) is 1. The monoisotopic (exact) mass is 254 g/mol. The highest BCUT2D eigenvalue weighted by Gasteiger charge is 2.29. The van der Waals surface area contributed by atoms with Crippen molar-refractivity contribution in [1.29, 1.82) is 0 Å². The molecule has 1 nitrogen and oxygen atoms in total. The third-order valence-electron chi connectivity index (χ3n) is 1.45. The highest BCUT2D eigenvalue weighted by Crippen LogP contribution is 2.39. The third-order valence-corrected chi connectivity index (χ3v) is 2.81. The Morgan fingerprint density at radius 3 is 2.44 bits per heavy atom. The smallest absolute Gasteiger partial charge is 0.135 e. The molecule has 0 saturated heterocycles. The van der Waals surface area contributed by atoms with Crippen LogP contribution in [-0.2, 0) is 4.79 Å². The van der Waals surface area contributed by atoms with E-state index in [0.29, 0.717) is 12.2 Å². The summed E-state index contributed by atoms with van der Waals surface area (Å²) in [6, 6.07) is 0. The zero-order valence-corrected chi connectivity index (χ0v) is 8.16. The van der Waals surface area contributed by atoms with Crippen LogP contribution in [0, 0.1) is 0 Å². The van der Waals surface area contributed by atoms with Crippen LogP contribution < -0.4 is 0 Å². The van der Waals surface area contributed by atoms with Crippen LogP contribution in [-0.4, -0.2) is 9.02 Å². The molecule has 3 heteroatoms. The Kier molecular flexibility index (Phi) is 2.32. The molecule has 0 N–H and O–H groups in total. The summed E-state index contributed by atoms with van der Waals surface area (Å²) in [5.74, 6) is 0.356. The van der Waals surface area contributed by atoms with Crippen molar-refractivity contribution in [2.24, 2.45) is 0 Å². The molecule has 1 fully saturated rings. The lowest BCUT2D eigenvalue weighted by Crippen LogP contribution is -2.22. The Balaban J connectivity index is 2.51. The van der Waals surface area contributed by atoms with Gasteiger partial charge in [0.05, 0.1) is 3.23 Å². The Morgan fingerprint density at radius 1 is 1.44 bits per heavy atom. The summed E-state index contributed by atoms with van der Waals surface area (Å²) in [6.45, 7) is 0. The zero-order valence-electron chi connectivity index (χ0n) is 4.99. The Morgan fingerprint density at radius 2 is 2.11 bits per heavy atom. The van der Waals surface area contributed by atoms with Gasteiger partial charge in [-0.25, -0.2) is 0 Å². The second-order valence-corrected chi connectivity index (χ2v) is 6.53. The number of alkyl halides is 2.